The highest BCUT2D eigenvalue weighted by molar-refractivity contribution is 14.0. The zero-order valence-electron chi connectivity index (χ0n) is 18.3. The Bertz CT molecular complexity index is 933. The van der Waals surface area contributed by atoms with Crippen LogP contribution in [0.25, 0.3) is 11.0 Å². The molecular weight excluding hydrogens is 487 g/mol. The van der Waals surface area contributed by atoms with Crippen molar-refractivity contribution in [2.24, 2.45) is 12.0 Å². The standard InChI is InChI=1S/C23H32N6.HI/c1-5-29(6-2)21(18-12-8-7-9-13-18)16-25-23(24-3)26-17-22-27-19-14-10-11-15-20(19)28(22)4;/h7-15,21H,5-6,16-17H2,1-4H3,(H2,24,25,26);1H. The SMILES string of the molecule is CCN(CC)C(CNC(=NC)NCc1nc2ccccc2n1C)c1ccccc1.I. The summed E-state index contributed by atoms with van der Waals surface area (Å²) in [6, 6.07) is 19.1. The molecule has 0 saturated heterocycles. The van der Waals surface area contributed by atoms with Crippen molar-refractivity contribution >= 4 is 41.0 Å². The minimum atomic E-state index is 0. The number of nitrogens with zero attached hydrogens (tertiary/aromatic N) is 4. The number of guanidine groups is 1. The fourth-order valence-electron chi connectivity index (χ4n) is 3.73. The molecular formula is C23H33IN6. The molecule has 0 aliphatic rings. The minimum absolute atomic E-state index is 0. The number of benzene rings is 2. The molecule has 0 aliphatic heterocycles. The highest BCUT2D eigenvalue weighted by Crippen LogP contribution is 2.19. The number of likely N-dealkylation sites (N-methyl/N-ethyl adjacent to an activating group) is 1. The van der Waals surface area contributed by atoms with Crippen molar-refractivity contribution < 1.29 is 0 Å². The summed E-state index contributed by atoms with van der Waals surface area (Å²) >= 11 is 0. The van der Waals surface area contributed by atoms with Crippen LogP contribution in [0, 0.1) is 0 Å². The maximum absolute atomic E-state index is 4.73. The van der Waals surface area contributed by atoms with Crippen LogP contribution in [0.1, 0.15) is 31.3 Å². The molecule has 3 aromatic rings. The van der Waals surface area contributed by atoms with Crippen LogP contribution in [-0.2, 0) is 13.6 Å². The van der Waals surface area contributed by atoms with Gasteiger partial charge in [-0.05, 0) is 30.8 Å². The van der Waals surface area contributed by atoms with Gasteiger partial charge in [-0.1, -0.05) is 56.3 Å². The Kier molecular flexibility index (Phi) is 9.58. The predicted octanol–water partition coefficient (Wildman–Crippen LogP) is 3.94. The summed E-state index contributed by atoms with van der Waals surface area (Å²) in [5.74, 6) is 1.77. The van der Waals surface area contributed by atoms with E-state index in [1.807, 2.05) is 25.2 Å². The number of imidazole rings is 1. The van der Waals surface area contributed by atoms with E-state index in [1.165, 1.54) is 5.56 Å². The van der Waals surface area contributed by atoms with Gasteiger partial charge in [0.05, 0.1) is 23.6 Å². The van der Waals surface area contributed by atoms with Crippen molar-refractivity contribution in [3.05, 3.63) is 66.0 Å². The quantitative estimate of drug-likeness (QED) is 0.269. The first kappa shape index (κ1) is 24.1. The van der Waals surface area contributed by atoms with Gasteiger partial charge in [-0.25, -0.2) is 4.98 Å². The number of aryl methyl sites for hydroxylation is 1. The monoisotopic (exact) mass is 520 g/mol. The second kappa shape index (κ2) is 11.9. The first-order valence-corrected chi connectivity index (χ1v) is 10.3. The molecule has 0 radical (unpaired) electrons. The fraction of sp³-hybridized carbons (Fsp3) is 0.391. The molecule has 0 amide bonds. The van der Waals surface area contributed by atoms with Gasteiger partial charge in [0, 0.05) is 20.6 Å². The van der Waals surface area contributed by atoms with Crippen molar-refractivity contribution in [3.63, 3.8) is 0 Å². The normalized spacial score (nSPS) is 12.6. The lowest BCUT2D eigenvalue weighted by molar-refractivity contribution is 0.219. The molecule has 0 bridgehead atoms. The summed E-state index contributed by atoms with van der Waals surface area (Å²) in [4.78, 5) is 11.6. The Morgan fingerprint density at radius 2 is 1.70 bits per heavy atom. The van der Waals surface area contributed by atoms with E-state index in [9.17, 15) is 0 Å². The molecule has 1 heterocycles. The first-order valence-electron chi connectivity index (χ1n) is 10.3. The Morgan fingerprint density at radius 3 is 2.33 bits per heavy atom. The van der Waals surface area contributed by atoms with E-state index in [1.54, 1.807) is 7.05 Å². The lowest BCUT2D eigenvalue weighted by Crippen LogP contribution is -2.43. The fourth-order valence-corrected chi connectivity index (χ4v) is 3.73. The summed E-state index contributed by atoms with van der Waals surface area (Å²) in [5, 5.41) is 6.91. The largest absolute Gasteiger partial charge is 0.354 e. The molecule has 0 saturated carbocycles. The van der Waals surface area contributed by atoms with E-state index >= 15 is 0 Å². The van der Waals surface area contributed by atoms with Crippen molar-refractivity contribution in [1.29, 1.82) is 0 Å². The van der Waals surface area contributed by atoms with E-state index in [2.05, 4.69) is 75.3 Å². The molecule has 0 aliphatic carbocycles. The van der Waals surface area contributed by atoms with Gasteiger partial charge in [0.25, 0.3) is 0 Å². The number of hydrogen-bond donors (Lipinski definition) is 2. The molecule has 1 atom stereocenters. The zero-order valence-corrected chi connectivity index (χ0v) is 20.6. The number of fused-ring (bicyclic) bond motifs is 1. The molecule has 162 valence electrons. The topological polar surface area (TPSA) is 57.5 Å². The summed E-state index contributed by atoms with van der Waals surface area (Å²) < 4.78 is 2.12. The molecule has 1 aromatic heterocycles. The van der Waals surface area contributed by atoms with Crippen LogP contribution in [-0.4, -0.2) is 47.1 Å². The summed E-state index contributed by atoms with van der Waals surface area (Å²) in [6.07, 6.45) is 0. The van der Waals surface area contributed by atoms with Gasteiger partial charge < -0.3 is 15.2 Å². The number of aliphatic imine (C=N–C) groups is 1. The predicted molar refractivity (Wildman–Crippen MR) is 136 cm³/mol. The minimum Gasteiger partial charge on any atom is -0.354 e. The molecule has 6 nitrogen and oxygen atoms in total. The number of rotatable bonds is 8. The van der Waals surface area contributed by atoms with E-state index in [-0.39, 0.29) is 24.0 Å². The maximum Gasteiger partial charge on any atom is 0.191 e. The molecule has 0 fully saturated rings. The van der Waals surface area contributed by atoms with Gasteiger partial charge >= 0.3 is 0 Å². The van der Waals surface area contributed by atoms with Crippen molar-refractivity contribution in [1.82, 2.24) is 25.1 Å². The van der Waals surface area contributed by atoms with Crippen molar-refractivity contribution in [2.45, 2.75) is 26.4 Å². The van der Waals surface area contributed by atoms with Gasteiger partial charge in [-0.3, -0.25) is 9.89 Å². The lowest BCUT2D eigenvalue weighted by Gasteiger charge is -2.30. The summed E-state index contributed by atoms with van der Waals surface area (Å²) in [6.45, 7) is 7.82. The molecule has 7 heteroatoms. The number of halogens is 1. The van der Waals surface area contributed by atoms with Crippen LogP contribution in [0.15, 0.2) is 59.6 Å². The molecule has 30 heavy (non-hydrogen) atoms. The average Bonchev–Trinajstić information content (AvgIpc) is 3.09. The van der Waals surface area contributed by atoms with Crippen molar-refractivity contribution in [2.75, 3.05) is 26.7 Å². The van der Waals surface area contributed by atoms with Gasteiger partial charge in [0.15, 0.2) is 5.96 Å². The Labute approximate surface area is 196 Å². The molecule has 2 aromatic carbocycles. The van der Waals surface area contributed by atoms with E-state index in [0.717, 1.165) is 42.5 Å². The maximum atomic E-state index is 4.73. The second-order valence-corrected chi connectivity index (χ2v) is 7.03. The molecule has 3 rings (SSSR count). The molecule has 1 unspecified atom stereocenters. The van der Waals surface area contributed by atoms with Gasteiger partial charge in [0.1, 0.15) is 5.82 Å². The van der Waals surface area contributed by atoms with Gasteiger partial charge in [-0.15, -0.1) is 24.0 Å². The van der Waals surface area contributed by atoms with E-state index in [0.29, 0.717) is 12.6 Å². The Balaban J connectivity index is 0.00000320. The number of para-hydroxylation sites is 2. The van der Waals surface area contributed by atoms with E-state index < -0.39 is 0 Å². The Morgan fingerprint density at radius 1 is 1.03 bits per heavy atom. The van der Waals surface area contributed by atoms with Crippen LogP contribution in [0.2, 0.25) is 0 Å². The van der Waals surface area contributed by atoms with Crippen LogP contribution in [0.3, 0.4) is 0 Å². The van der Waals surface area contributed by atoms with Gasteiger partial charge in [0.2, 0.25) is 0 Å². The zero-order chi connectivity index (χ0) is 20.6. The number of hydrogen-bond acceptors (Lipinski definition) is 3. The Hall–Kier alpha value is -2.13. The van der Waals surface area contributed by atoms with Crippen LogP contribution >= 0.6 is 24.0 Å². The third kappa shape index (κ3) is 5.72. The summed E-state index contributed by atoms with van der Waals surface area (Å²) in [7, 11) is 3.85. The average molecular weight is 520 g/mol. The summed E-state index contributed by atoms with van der Waals surface area (Å²) in [5.41, 5.74) is 3.47. The number of aromatic nitrogens is 2. The first-order chi connectivity index (χ1) is 14.2. The highest BCUT2D eigenvalue weighted by atomic mass is 127. The van der Waals surface area contributed by atoms with Crippen molar-refractivity contribution in [3.8, 4) is 0 Å². The third-order valence-corrected chi connectivity index (χ3v) is 5.42. The molecule has 0 spiro atoms. The lowest BCUT2D eigenvalue weighted by atomic mass is 10.1. The van der Waals surface area contributed by atoms with E-state index in [4.69, 9.17) is 4.98 Å². The third-order valence-electron chi connectivity index (χ3n) is 5.42. The van der Waals surface area contributed by atoms with Crippen LogP contribution in [0.5, 0.6) is 0 Å². The van der Waals surface area contributed by atoms with Crippen LogP contribution < -0.4 is 10.6 Å². The second-order valence-electron chi connectivity index (χ2n) is 7.03. The van der Waals surface area contributed by atoms with Crippen LogP contribution in [0.4, 0.5) is 0 Å². The highest BCUT2D eigenvalue weighted by Gasteiger charge is 2.18. The number of nitrogens with one attached hydrogen (secondary N) is 2. The smallest absolute Gasteiger partial charge is 0.191 e. The van der Waals surface area contributed by atoms with Gasteiger partial charge in [-0.2, -0.15) is 0 Å². The molecule has 2 N–H and O–H groups in total.